The van der Waals surface area contributed by atoms with Gasteiger partial charge in [0.25, 0.3) is 5.91 Å². The number of hydrogen-bond donors (Lipinski definition) is 1. The molecule has 146 valence electrons. The molecule has 5 rings (SSSR count). The highest BCUT2D eigenvalue weighted by Crippen LogP contribution is 2.32. The number of anilines is 1. The highest BCUT2D eigenvalue weighted by Gasteiger charge is 2.18. The third kappa shape index (κ3) is 3.59. The van der Waals surface area contributed by atoms with E-state index in [1.807, 2.05) is 18.2 Å². The number of nitrogens with one attached hydrogen (secondary N) is 1. The molecule has 7 nitrogen and oxygen atoms in total. The SMILES string of the molecule is O=C(NCc1ccc2c(c1)OCO2)c1cnc(N2CCc3ccccc3C2)cn1. The fourth-order valence-electron chi connectivity index (χ4n) is 3.62. The summed E-state index contributed by atoms with van der Waals surface area (Å²) in [6, 6.07) is 14.1. The van der Waals surface area contributed by atoms with Gasteiger partial charge in [0.15, 0.2) is 11.5 Å². The van der Waals surface area contributed by atoms with Gasteiger partial charge in [-0.3, -0.25) is 4.79 Å². The summed E-state index contributed by atoms with van der Waals surface area (Å²) >= 11 is 0. The summed E-state index contributed by atoms with van der Waals surface area (Å²) in [5.41, 5.74) is 3.92. The quantitative estimate of drug-likeness (QED) is 0.741. The van der Waals surface area contributed by atoms with Crippen molar-refractivity contribution in [3.05, 3.63) is 77.2 Å². The molecule has 0 unspecified atom stereocenters. The number of rotatable bonds is 4. The van der Waals surface area contributed by atoms with Gasteiger partial charge >= 0.3 is 0 Å². The molecule has 0 fully saturated rings. The molecule has 3 heterocycles. The van der Waals surface area contributed by atoms with Crippen LogP contribution in [-0.4, -0.2) is 29.2 Å². The monoisotopic (exact) mass is 388 g/mol. The van der Waals surface area contributed by atoms with Crippen LogP contribution >= 0.6 is 0 Å². The Kier molecular flexibility index (Phi) is 4.48. The summed E-state index contributed by atoms with van der Waals surface area (Å²) in [7, 11) is 0. The molecule has 1 amide bonds. The molecule has 7 heteroatoms. The van der Waals surface area contributed by atoms with Crippen molar-refractivity contribution < 1.29 is 14.3 Å². The van der Waals surface area contributed by atoms with E-state index in [0.717, 1.165) is 36.6 Å². The van der Waals surface area contributed by atoms with Gasteiger partial charge in [-0.1, -0.05) is 30.3 Å². The summed E-state index contributed by atoms with van der Waals surface area (Å²) in [4.78, 5) is 23.4. The van der Waals surface area contributed by atoms with Gasteiger partial charge in [0.05, 0.1) is 12.4 Å². The Morgan fingerprint density at radius 2 is 1.90 bits per heavy atom. The maximum Gasteiger partial charge on any atom is 0.271 e. The van der Waals surface area contributed by atoms with Gasteiger partial charge in [0.2, 0.25) is 6.79 Å². The smallest absolute Gasteiger partial charge is 0.271 e. The van der Waals surface area contributed by atoms with Crippen LogP contribution in [0.1, 0.15) is 27.2 Å². The van der Waals surface area contributed by atoms with E-state index >= 15 is 0 Å². The van der Waals surface area contributed by atoms with E-state index in [1.165, 1.54) is 17.3 Å². The second kappa shape index (κ2) is 7.43. The predicted molar refractivity (Wildman–Crippen MR) is 107 cm³/mol. The Morgan fingerprint density at radius 3 is 2.76 bits per heavy atom. The Labute approximate surface area is 168 Å². The van der Waals surface area contributed by atoms with Gasteiger partial charge in [-0.2, -0.15) is 0 Å². The van der Waals surface area contributed by atoms with E-state index in [4.69, 9.17) is 9.47 Å². The largest absolute Gasteiger partial charge is 0.454 e. The van der Waals surface area contributed by atoms with E-state index in [1.54, 1.807) is 6.20 Å². The first-order chi connectivity index (χ1) is 14.3. The zero-order valence-corrected chi connectivity index (χ0v) is 15.8. The van der Waals surface area contributed by atoms with E-state index in [2.05, 4.69) is 44.5 Å². The number of carbonyl (C=O) groups excluding carboxylic acids is 1. The zero-order valence-electron chi connectivity index (χ0n) is 15.8. The van der Waals surface area contributed by atoms with Crippen LogP contribution in [0.5, 0.6) is 11.5 Å². The second-order valence-electron chi connectivity index (χ2n) is 7.07. The number of hydrogen-bond acceptors (Lipinski definition) is 6. The fraction of sp³-hybridized carbons (Fsp3) is 0.227. The first-order valence-electron chi connectivity index (χ1n) is 9.57. The van der Waals surface area contributed by atoms with Crippen LogP contribution in [-0.2, 0) is 19.5 Å². The fourth-order valence-corrected chi connectivity index (χ4v) is 3.62. The second-order valence-corrected chi connectivity index (χ2v) is 7.07. The third-order valence-electron chi connectivity index (χ3n) is 5.22. The number of nitrogens with zero attached hydrogens (tertiary/aromatic N) is 3. The van der Waals surface area contributed by atoms with Crippen molar-refractivity contribution >= 4 is 11.7 Å². The van der Waals surface area contributed by atoms with E-state index in [0.29, 0.717) is 18.0 Å². The minimum atomic E-state index is -0.259. The number of ether oxygens (including phenoxy) is 2. The van der Waals surface area contributed by atoms with Gasteiger partial charge in [-0.15, -0.1) is 0 Å². The minimum absolute atomic E-state index is 0.232. The molecular formula is C22H20N4O3. The standard InChI is InChI=1S/C22H20N4O3/c27-22(25-10-15-5-6-19-20(9-15)29-14-28-19)18-11-24-21(12-23-18)26-8-7-16-3-1-2-4-17(16)13-26/h1-6,9,11-12H,7-8,10,13-14H2,(H,25,27). The predicted octanol–water partition coefficient (Wildman–Crippen LogP) is 2.70. The molecule has 1 aromatic heterocycles. The molecule has 0 spiro atoms. The summed E-state index contributed by atoms with van der Waals surface area (Å²) in [6.45, 7) is 2.30. The molecule has 0 radical (unpaired) electrons. The van der Waals surface area contributed by atoms with Crippen molar-refractivity contribution in [2.24, 2.45) is 0 Å². The van der Waals surface area contributed by atoms with E-state index in [-0.39, 0.29) is 12.7 Å². The van der Waals surface area contributed by atoms with Crippen LogP contribution < -0.4 is 19.7 Å². The van der Waals surface area contributed by atoms with Crippen LogP contribution in [0.15, 0.2) is 54.9 Å². The van der Waals surface area contributed by atoms with Crippen molar-refractivity contribution in [1.29, 1.82) is 0 Å². The number of carbonyl (C=O) groups is 1. The molecule has 2 aromatic carbocycles. The molecule has 1 N–H and O–H groups in total. The number of fused-ring (bicyclic) bond motifs is 2. The highest BCUT2D eigenvalue weighted by molar-refractivity contribution is 5.92. The average Bonchev–Trinajstić information content (AvgIpc) is 3.25. The maximum atomic E-state index is 12.4. The molecule has 2 aliphatic rings. The highest BCUT2D eigenvalue weighted by atomic mass is 16.7. The average molecular weight is 388 g/mol. The molecule has 0 saturated heterocycles. The van der Waals surface area contributed by atoms with Crippen LogP contribution in [0.3, 0.4) is 0 Å². The van der Waals surface area contributed by atoms with Crippen molar-refractivity contribution in [2.45, 2.75) is 19.5 Å². The van der Waals surface area contributed by atoms with Gasteiger partial charge in [0, 0.05) is 19.6 Å². The molecule has 0 bridgehead atoms. The number of amides is 1. The maximum absolute atomic E-state index is 12.4. The Bertz CT molecular complexity index is 1050. The van der Waals surface area contributed by atoms with Crippen molar-refractivity contribution in [3.63, 3.8) is 0 Å². The van der Waals surface area contributed by atoms with Gasteiger partial charge in [0.1, 0.15) is 11.5 Å². The molecule has 0 aliphatic carbocycles. The van der Waals surface area contributed by atoms with Crippen LogP contribution in [0.4, 0.5) is 5.82 Å². The Hall–Kier alpha value is -3.61. The molecule has 0 atom stereocenters. The lowest BCUT2D eigenvalue weighted by atomic mass is 10.0. The van der Waals surface area contributed by atoms with E-state index in [9.17, 15) is 4.79 Å². The third-order valence-corrected chi connectivity index (χ3v) is 5.22. The molecular weight excluding hydrogens is 368 g/mol. The van der Waals surface area contributed by atoms with E-state index < -0.39 is 0 Å². The van der Waals surface area contributed by atoms with Gasteiger partial charge in [-0.25, -0.2) is 9.97 Å². The Morgan fingerprint density at radius 1 is 1.03 bits per heavy atom. The van der Waals surface area contributed by atoms with Crippen LogP contribution in [0, 0.1) is 0 Å². The number of aromatic nitrogens is 2. The lowest BCUT2D eigenvalue weighted by Crippen LogP contribution is -2.31. The van der Waals surface area contributed by atoms with Crippen LogP contribution in [0.2, 0.25) is 0 Å². The molecule has 29 heavy (non-hydrogen) atoms. The molecule has 0 saturated carbocycles. The van der Waals surface area contributed by atoms with Crippen LogP contribution in [0.25, 0.3) is 0 Å². The van der Waals surface area contributed by atoms with Crippen molar-refractivity contribution in [3.8, 4) is 11.5 Å². The zero-order chi connectivity index (χ0) is 19.6. The molecule has 2 aliphatic heterocycles. The number of benzene rings is 2. The summed E-state index contributed by atoms with van der Waals surface area (Å²) in [6.07, 6.45) is 4.18. The first-order valence-corrected chi connectivity index (χ1v) is 9.57. The lowest BCUT2D eigenvalue weighted by Gasteiger charge is -2.29. The van der Waals surface area contributed by atoms with Gasteiger partial charge < -0.3 is 19.7 Å². The van der Waals surface area contributed by atoms with Gasteiger partial charge in [-0.05, 0) is 35.2 Å². The summed E-state index contributed by atoms with van der Waals surface area (Å²) < 4.78 is 10.7. The van der Waals surface area contributed by atoms with Crippen molar-refractivity contribution in [1.82, 2.24) is 15.3 Å². The lowest BCUT2D eigenvalue weighted by molar-refractivity contribution is 0.0945. The molecule has 3 aromatic rings. The minimum Gasteiger partial charge on any atom is -0.454 e. The summed E-state index contributed by atoms with van der Waals surface area (Å²) in [5, 5.41) is 2.87. The van der Waals surface area contributed by atoms with Crippen molar-refractivity contribution in [2.75, 3.05) is 18.2 Å². The summed E-state index contributed by atoms with van der Waals surface area (Å²) in [5.74, 6) is 1.95. The Balaban J connectivity index is 1.22. The first kappa shape index (κ1) is 17.5. The normalized spacial score (nSPS) is 14.4. The topological polar surface area (TPSA) is 76.6 Å².